The van der Waals surface area contributed by atoms with Crippen molar-refractivity contribution in [1.82, 2.24) is 14.8 Å². The number of rotatable bonds is 4. The van der Waals surface area contributed by atoms with Gasteiger partial charge >= 0.3 is 6.03 Å². The molecule has 33 heavy (non-hydrogen) atoms. The van der Waals surface area contributed by atoms with Crippen molar-refractivity contribution >= 4 is 17.4 Å². The molecular weight excluding hydrogens is 440 g/mol. The molecule has 0 fully saturated rings. The van der Waals surface area contributed by atoms with Gasteiger partial charge in [0.2, 0.25) is 0 Å². The van der Waals surface area contributed by atoms with E-state index in [0.29, 0.717) is 24.6 Å². The van der Waals surface area contributed by atoms with Crippen LogP contribution in [0.4, 0.5) is 13.6 Å². The minimum absolute atomic E-state index is 0.207. The van der Waals surface area contributed by atoms with Crippen molar-refractivity contribution in [3.05, 3.63) is 75.4 Å². The van der Waals surface area contributed by atoms with E-state index in [9.17, 15) is 13.6 Å². The van der Waals surface area contributed by atoms with Crippen LogP contribution in [0, 0.1) is 17.6 Å². The molecule has 1 aliphatic carbocycles. The number of aromatic nitrogens is 1. The molecule has 2 aliphatic rings. The van der Waals surface area contributed by atoms with Gasteiger partial charge in [-0.25, -0.2) is 13.6 Å². The second-order valence-electron chi connectivity index (χ2n) is 9.45. The Labute approximate surface area is 197 Å². The maximum Gasteiger partial charge on any atom is 0.318 e. The van der Waals surface area contributed by atoms with E-state index in [0.717, 1.165) is 42.4 Å². The van der Waals surface area contributed by atoms with Crippen LogP contribution in [0.2, 0.25) is 0 Å². The zero-order chi connectivity index (χ0) is 23.1. The molecule has 0 saturated carbocycles. The molecule has 3 aromatic rings. The number of hydrogen-bond acceptors (Lipinski definition) is 2. The molecule has 1 aliphatic heterocycles. The van der Waals surface area contributed by atoms with Crippen molar-refractivity contribution in [3.8, 4) is 5.00 Å². The summed E-state index contributed by atoms with van der Waals surface area (Å²) in [6.07, 6.45) is 7.29. The summed E-state index contributed by atoms with van der Waals surface area (Å²) >= 11 is 1.79. The molecule has 1 N–H and O–H groups in total. The minimum Gasteiger partial charge on any atom is -0.338 e. The van der Waals surface area contributed by atoms with Crippen molar-refractivity contribution in [2.24, 2.45) is 5.92 Å². The number of aryl methyl sites for hydroxylation is 1. The number of amides is 2. The normalized spacial score (nSPS) is 17.4. The molecule has 5 rings (SSSR count). The lowest BCUT2D eigenvalue weighted by molar-refractivity contribution is 0.179. The maximum absolute atomic E-state index is 14.3. The van der Waals surface area contributed by atoms with E-state index in [1.54, 1.807) is 16.2 Å². The van der Waals surface area contributed by atoms with Gasteiger partial charge in [-0.3, -0.25) is 0 Å². The Morgan fingerprint density at radius 3 is 2.67 bits per heavy atom. The summed E-state index contributed by atoms with van der Waals surface area (Å²) in [7, 11) is 0. The van der Waals surface area contributed by atoms with Crippen molar-refractivity contribution < 1.29 is 13.6 Å². The van der Waals surface area contributed by atoms with E-state index in [1.807, 2.05) is 18.3 Å². The predicted octanol–water partition coefficient (Wildman–Crippen LogP) is 6.36. The highest BCUT2D eigenvalue weighted by atomic mass is 32.1. The van der Waals surface area contributed by atoms with Crippen LogP contribution in [0.1, 0.15) is 66.4 Å². The van der Waals surface area contributed by atoms with E-state index < -0.39 is 17.7 Å². The minimum atomic E-state index is -0.639. The monoisotopic (exact) mass is 469 g/mol. The summed E-state index contributed by atoms with van der Waals surface area (Å²) in [5.74, 6) is -0.811. The van der Waals surface area contributed by atoms with Gasteiger partial charge in [0, 0.05) is 29.2 Å². The molecule has 2 amide bonds. The Hall–Kier alpha value is -2.67. The Balaban J connectivity index is 1.63. The summed E-state index contributed by atoms with van der Waals surface area (Å²) < 4.78 is 30.7. The molecule has 4 nitrogen and oxygen atoms in total. The Morgan fingerprint density at radius 2 is 1.91 bits per heavy atom. The highest BCUT2D eigenvalue weighted by Crippen LogP contribution is 2.44. The second-order valence-corrected chi connectivity index (χ2v) is 10.5. The molecule has 7 heteroatoms. The fraction of sp³-hybridized carbons (Fsp3) is 0.423. The third-order valence-corrected chi connectivity index (χ3v) is 7.97. The van der Waals surface area contributed by atoms with Crippen LogP contribution in [0.5, 0.6) is 0 Å². The molecule has 1 atom stereocenters. The first-order valence-electron chi connectivity index (χ1n) is 11.7. The Morgan fingerprint density at radius 1 is 1.15 bits per heavy atom. The summed E-state index contributed by atoms with van der Waals surface area (Å²) in [4.78, 5) is 16.7. The van der Waals surface area contributed by atoms with Crippen molar-refractivity contribution in [3.63, 3.8) is 0 Å². The van der Waals surface area contributed by atoms with Gasteiger partial charge in [-0.05, 0) is 73.4 Å². The number of nitrogens with zero attached hydrogens (tertiary/aromatic N) is 2. The van der Waals surface area contributed by atoms with Gasteiger partial charge in [0.25, 0.3) is 0 Å². The van der Waals surface area contributed by atoms with Gasteiger partial charge in [-0.2, -0.15) is 0 Å². The quantitative estimate of drug-likeness (QED) is 0.475. The molecular formula is C26H29F2N3OS. The van der Waals surface area contributed by atoms with Crippen LogP contribution in [0.3, 0.4) is 0 Å². The van der Waals surface area contributed by atoms with Crippen LogP contribution in [0.25, 0.3) is 5.00 Å². The lowest BCUT2D eigenvalue weighted by atomic mass is 9.95. The van der Waals surface area contributed by atoms with Crippen LogP contribution in [0.15, 0.2) is 36.5 Å². The number of urea groups is 1. The molecule has 1 aromatic carbocycles. The fourth-order valence-corrected chi connectivity index (χ4v) is 6.44. The third-order valence-electron chi connectivity index (χ3n) is 6.64. The molecule has 0 unspecified atom stereocenters. The number of halogens is 2. The summed E-state index contributed by atoms with van der Waals surface area (Å²) in [6.45, 7) is 5.21. The smallest absolute Gasteiger partial charge is 0.318 e. The van der Waals surface area contributed by atoms with Gasteiger partial charge in [0.1, 0.15) is 22.7 Å². The first kappa shape index (κ1) is 22.1. The number of benzene rings is 1. The van der Waals surface area contributed by atoms with Crippen molar-refractivity contribution in [2.75, 3.05) is 6.54 Å². The lowest BCUT2D eigenvalue weighted by Gasteiger charge is -2.31. The number of thiophene rings is 1. The summed E-state index contributed by atoms with van der Waals surface area (Å²) in [6, 6.07) is 6.66. The average Bonchev–Trinajstić information content (AvgIpc) is 3.34. The SMILES string of the molecule is CC(C)CCNC(=O)N1Cc2c(sc3c2CCCC3)-n2cccc2[C@H]1c1cc(F)cc(F)c1. The van der Waals surface area contributed by atoms with Gasteiger partial charge in [0.05, 0.1) is 12.2 Å². The molecule has 174 valence electrons. The number of carbonyl (C=O) groups is 1. The topological polar surface area (TPSA) is 37.3 Å². The standard InChI is InChI=1S/C26H29F2N3OS/c1-16(2)9-10-29-26(32)31-15-21-20-6-3-4-8-23(20)33-25(21)30-11-5-7-22(30)24(31)17-12-18(27)14-19(28)13-17/h5,7,11-14,16,24H,3-4,6,8-10,15H2,1-2H3,(H,29,32)/t24-/m1/s1. The van der Waals surface area contributed by atoms with E-state index in [1.165, 1.54) is 34.6 Å². The summed E-state index contributed by atoms with van der Waals surface area (Å²) in [5, 5.41) is 4.19. The average molecular weight is 470 g/mol. The molecule has 3 heterocycles. The maximum atomic E-state index is 14.3. The van der Waals surface area contributed by atoms with E-state index in [4.69, 9.17) is 0 Å². The highest BCUT2D eigenvalue weighted by Gasteiger charge is 2.36. The molecule has 0 saturated heterocycles. The Kier molecular flexibility index (Phi) is 5.99. The predicted molar refractivity (Wildman–Crippen MR) is 127 cm³/mol. The van der Waals surface area contributed by atoms with Gasteiger partial charge < -0.3 is 14.8 Å². The molecule has 2 aromatic heterocycles. The first-order chi connectivity index (χ1) is 15.9. The number of hydrogen-bond donors (Lipinski definition) is 1. The van der Waals surface area contributed by atoms with Crippen LogP contribution in [-0.2, 0) is 19.4 Å². The molecule has 0 bridgehead atoms. The number of nitrogens with one attached hydrogen (secondary N) is 1. The molecule has 0 spiro atoms. The number of fused-ring (bicyclic) bond motifs is 5. The van der Waals surface area contributed by atoms with E-state index >= 15 is 0 Å². The second kappa shape index (κ2) is 8.93. The van der Waals surface area contributed by atoms with Gasteiger partial charge in [-0.15, -0.1) is 11.3 Å². The van der Waals surface area contributed by atoms with Gasteiger partial charge in [-0.1, -0.05) is 13.8 Å². The van der Waals surface area contributed by atoms with Gasteiger partial charge in [0.15, 0.2) is 0 Å². The molecule has 0 radical (unpaired) electrons. The highest BCUT2D eigenvalue weighted by molar-refractivity contribution is 7.15. The van der Waals surface area contributed by atoms with Crippen molar-refractivity contribution in [1.29, 1.82) is 0 Å². The zero-order valence-electron chi connectivity index (χ0n) is 19.0. The van der Waals surface area contributed by atoms with E-state index in [2.05, 4.69) is 23.7 Å². The van der Waals surface area contributed by atoms with Crippen molar-refractivity contribution in [2.45, 2.75) is 58.5 Å². The first-order valence-corrected chi connectivity index (χ1v) is 12.6. The van der Waals surface area contributed by atoms with Crippen LogP contribution < -0.4 is 5.32 Å². The third kappa shape index (κ3) is 4.19. The fourth-order valence-electron chi connectivity index (χ4n) is 5.04. The Bertz CT molecular complexity index is 1160. The lowest BCUT2D eigenvalue weighted by Crippen LogP contribution is -2.42. The number of carbonyl (C=O) groups excluding carboxylic acids is 1. The zero-order valence-corrected chi connectivity index (χ0v) is 19.9. The van der Waals surface area contributed by atoms with Crippen LogP contribution in [-0.4, -0.2) is 22.0 Å². The largest absolute Gasteiger partial charge is 0.338 e. The van der Waals surface area contributed by atoms with E-state index in [-0.39, 0.29) is 6.03 Å². The van der Waals surface area contributed by atoms with Crippen LogP contribution >= 0.6 is 11.3 Å². The summed E-state index contributed by atoms with van der Waals surface area (Å²) in [5.41, 5.74) is 3.81.